The molecule has 0 radical (unpaired) electrons. The molecule has 2 rings (SSSR count). The molecule has 0 aliphatic heterocycles. The van der Waals surface area contributed by atoms with E-state index in [1.807, 2.05) is 0 Å². The first kappa shape index (κ1) is 20.1. The summed E-state index contributed by atoms with van der Waals surface area (Å²) in [7, 11) is 1.68. The minimum Gasteiger partial charge on any atom is -0.492 e. The molecule has 0 saturated heterocycles. The highest BCUT2D eigenvalue weighted by molar-refractivity contribution is 6.30. The number of amides is 1. The molecule has 2 aromatic rings. The number of likely N-dealkylation sites (N-methyl/N-ethyl adjacent to an activating group) is 1. The van der Waals surface area contributed by atoms with Crippen LogP contribution in [0.4, 0.5) is 18.9 Å². The van der Waals surface area contributed by atoms with E-state index in [1.165, 1.54) is 18.2 Å². The fourth-order valence-corrected chi connectivity index (χ4v) is 2.33. The fraction of sp³-hybridized carbons (Fsp3) is 0.278. The van der Waals surface area contributed by atoms with E-state index in [0.717, 1.165) is 6.07 Å². The molecular formula is C18H18ClF3N2O2. The molecule has 2 aromatic carbocycles. The van der Waals surface area contributed by atoms with E-state index in [0.29, 0.717) is 23.9 Å². The van der Waals surface area contributed by atoms with Crippen molar-refractivity contribution in [1.29, 1.82) is 0 Å². The predicted octanol–water partition coefficient (Wildman–Crippen LogP) is 4.31. The summed E-state index contributed by atoms with van der Waals surface area (Å²) < 4.78 is 44.3. The number of para-hydroxylation sites is 1. The van der Waals surface area contributed by atoms with Gasteiger partial charge in [-0.3, -0.25) is 9.69 Å². The van der Waals surface area contributed by atoms with Gasteiger partial charge >= 0.3 is 6.18 Å². The van der Waals surface area contributed by atoms with Gasteiger partial charge < -0.3 is 10.1 Å². The van der Waals surface area contributed by atoms with Crippen LogP contribution >= 0.6 is 11.6 Å². The molecule has 0 aliphatic carbocycles. The number of ether oxygens (including phenoxy) is 1. The summed E-state index contributed by atoms with van der Waals surface area (Å²) in [6.45, 7) is 0.692. The first-order chi connectivity index (χ1) is 12.3. The molecule has 1 amide bonds. The first-order valence-corrected chi connectivity index (χ1v) is 8.16. The number of nitrogens with one attached hydrogen (secondary N) is 1. The highest BCUT2D eigenvalue weighted by atomic mass is 35.5. The Morgan fingerprint density at radius 1 is 1.15 bits per heavy atom. The molecule has 0 fully saturated rings. The van der Waals surface area contributed by atoms with Crippen LogP contribution in [0.15, 0.2) is 48.5 Å². The Hall–Kier alpha value is -2.25. The Balaban J connectivity index is 1.81. The van der Waals surface area contributed by atoms with Crippen LogP contribution < -0.4 is 10.1 Å². The van der Waals surface area contributed by atoms with Gasteiger partial charge in [0.1, 0.15) is 12.4 Å². The third-order valence-corrected chi connectivity index (χ3v) is 3.73. The van der Waals surface area contributed by atoms with E-state index in [2.05, 4.69) is 5.32 Å². The molecule has 0 heterocycles. The van der Waals surface area contributed by atoms with Gasteiger partial charge in [0.15, 0.2) is 0 Å². The van der Waals surface area contributed by atoms with E-state index in [9.17, 15) is 18.0 Å². The van der Waals surface area contributed by atoms with Gasteiger partial charge in [-0.05, 0) is 43.4 Å². The molecule has 4 nitrogen and oxygen atoms in total. The summed E-state index contributed by atoms with van der Waals surface area (Å²) in [6.07, 6.45) is -4.53. The van der Waals surface area contributed by atoms with Gasteiger partial charge in [-0.15, -0.1) is 0 Å². The Bertz CT molecular complexity index is 736. The summed E-state index contributed by atoms with van der Waals surface area (Å²) in [5.41, 5.74) is -1.13. The molecule has 0 aromatic heterocycles. The second-order valence-electron chi connectivity index (χ2n) is 5.63. The lowest BCUT2D eigenvalue weighted by Gasteiger charge is -2.18. The van der Waals surface area contributed by atoms with E-state index < -0.39 is 17.6 Å². The third kappa shape index (κ3) is 6.24. The monoisotopic (exact) mass is 386 g/mol. The van der Waals surface area contributed by atoms with E-state index >= 15 is 0 Å². The fourth-order valence-electron chi connectivity index (χ4n) is 2.20. The maximum Gasteiger partial charge on any atom is 0.418 e. The highest BCUT2D eigenvalue weighted by Gasteiger charge is 2.33. The van der Waals surface area contributed by atoms with Gasteiger partial charge in [0.2, 0.25) is 5.91 Å². The van der Waals surface area contributed by atoms with Crippen molar-refractivity contribution in [3.05, 3.63) is 59.1 Å². The number of benzene rings is 2. The van der Waals surface area contributed by atoms with Crippen LogP contribution in [0, 0.1) is 0 Å². The van der Waals surface area contributed by atoms with Crippen LogP contribution in [0.5, 0.6) is 5.75 Å². The molecular weight excluding hydrogens is 369 g/mol. The molecule has 0 bridgehead atoms. The molecule has 0 spiro atoms. The van der Waals surface area contributed by atoms with Gasteiger partial charge in [-0.1, -0.05) is 23.7 Å². The quantitative estimate of drug-likeness (QED) is 0.771. The van der Waals surface area contributed by atoms with Crippen molar-refractivity contribution in [3.8, 4) is 5.75 Å². The molecule has 0 unspecified atom stereocenters. The normalized spacial score (nSPS) is 11.5. The Kier molecular flexibility index (Phi) is 6.88. The van der Waals surface area contributed by atoms with Crippen LogP contribution in [0.25, 0.3) is 0 Å². The van der Waals surface area contributed by atoms with Crippen molar-refractivity contribution in [2.24, 2.45) is 0 Å². The van der Waals surface area contributed by atoms with Crippen molar-refractivity contribution >= 4 is 23.2 Å². The van der Waals surface area contributed by atoms with Crippen LogP contribution in [0.1, 0.15) is 5.56 Å². The summed E-state index contributed by atoms with van der Waals surface area (Å²) in [5, 5.41) is 2.91. The maximum atomic E-state index is 12.9. The lowest BCUT2D eigenvalue weighted by atomic mass is 10.1. The number of rotatable bonds is 7. The van der Waals surface area contributed by atoms with Gasteiger partial charge in [0.25, 0.3) is 0 Å². The van der Waals surface area contributed by atoms with Gasteiger partial charge in [0, 0.05) is 11.6 Å². The van der Waals surface area contributed by atoms with E-state index in [1.54, 1.807) is 36.2 Å². The molecule has 140 valence electrons. The minimum absolute atomic E-state index is 0.0594. The van der Waals surface area contributed by atoms with E-state index in [-0.39, 0.29) is 12.2 Å². The molecule has 0 aliphatic rings. The number of nitrogens with zero attached hydrogens (tertiary/aromatic N) is 1. The number of hydrogen-bond acceptors (Lipinski definition) is 3. The van der Waals surface area contributed by atoms with Crippen LogP contribution in [0.3, 0.4) is 0 Å². The molecule has 8 heteroatoms. The number of anilines is 1. The zero-order valence-corrected chi connectivity index (χ0v) is 14.8. The predicted molar refractivity (Wildman–Crippen MR) is 94.5 cm³/mol. The SMILES string of the molecule is CN(CCOc1ccc(Cl)cc1)CC(=O)Nc1ccccc1C(F)(F)F. The molecule has 26 heavy (non-hydrogen) atoms. The Morgan fingerprint density at radius 2 is 1.81 bits per heavy atom. The largest absolute Gasteiger partial charge is 0.492 e. The van der Waals surface area contributed by atoms with Crippen molar-refractivity contribution < 1.29 is 22.7 Å². The Morgan fingerprint density at radius 3 is 2.46 bits per heavy atom. The van der Waals surface area contributed by atoms with Crippen LogP contribution in [0.2, 0.25) is 5.02 Å². The number of halogens is 4. The number of carbonyl (C=O) groups is 1. The van der Waals surface area contributed by atoms with Crippen molar-refractivity contribution in [2.75, 3.05) is 32.1 Å². The van der Waals surface area contributed by atoms with Gasteiger partial charge in [-0.2, -0.15) is 13.2 Å². The number of alkyl halides is 3. The summed E-state index contributed by atoms with van der Waals surface area (Å²) in [6, 6.07) is 11.7. The van der Waals surface area contributed by atoms with Crippen molar-refractivity contribution in [3.63, 3.8) is 0 Å². The second-order valence-corrected chi connectivity index (χ2v) is 6.07. The number of hydrogen-bond donors (Lipinski definition) is 1. The first-order valence-electron chi connectivity index (χ1n) is 7.78. The zero-order valence-electron chi connectivity index (χ0n) is 14.0. The third-order valence-electron chi connectivity index (χ3n) is 3.48. The topological polar surface area (TPSA) is 41.6 Å². The number of carbonyl (C=O) groups excluding carboxylic acids is 1. The lowest BCUT2D eigenvalue weighted by molar-refractivity contribution is -0.137. The minimum atomic E-state index is -4.53. The van der Waals surface area contributed by atoms with Crippen LogP contribution in [-0.2, 0) is 11.0 Å². The smallest absolute Gasteiger partial charge is 0.418 e. The lowest BCUT2D eigenvalue weighted by Crippen LogP contribution is -2.33. The maximum absolute atomic E-state index is 12.9. The zero-order chi connectivity index (χ0) is 19.2. The Labute approximate surface area is 154 Å². The average Bonchev–Trinajstić information content (AvgIpc) is 2.56. The summed E-state index contributed by atoms with van der Waals surface area (Å²) in [5.74, 6) is 0.113. The summed E-state index contributed by atoms with van der Waals surface area (Å²) in [4.78, 5) is 13.7. The van der Waals surface area contributed by atoms with Crippen molar-refractivity contribution in [1.82, 2.24) is 4.90 Å². The molecule has 0 atom stereocenters. The average molecular weight is 387 g/mol. The van der Waals surface area contributed by atoms with E-state index in [4.69, 9.17) is 16.3 Å². The van der Waals surface area contributed by atoms with Gasteiger partial charge in [-0.25, -0.2) is 0 Å². The van der Waals surface area contributed by atoms with Crippen molar-refractivity contribution in [2.45, 2.75) is 6.18 Å². The van der Waals surface area contributed by atoms with Crippen LogP contribution in [-0.4, -0.2) is 37.6 Å². The molecule has 1 N–H and O–H groups in total. The standard InChI is InChI=1S/C18H18ClF3N2O2/c1-24(10-11-26-14-8-6-13(19)7-9-14)12-17(25)23-16-5-3-2-4-15(16)18(20,21)22/h2-9H,10-12H2,1H3,(H,23,25). The summed E-state index contributed by atoms with van der Waals surface area (Å²) >= 11 is 5.78. The van der Waals surface area contributed by atoms with Gasteiger partial charge in [0.05, 0.1) is 17.8 Å². The second kappa shape index (κ2) is 8.91. The molecule has 0 saturated carbocycles. The highest BCUT2D eigenvalue weighted by Crippen LogP contribution is 2.34.